The molecule has 66 valence electrons. The Labute approximate surface area is 89.4 Å². The predicted octanol–water partition coefficient (Wildman–Crippen LogP) is 3.59. The van der Waals surface area contributed by atoms with Crippen LogP contribution < -0.4 is 0 Å². The minimum Gasteiger partial charge on any atom is -0.157 e. The molecule has 1 heterocycles. The second kappa shape index (κ2) is 3.29. The molecule has 0 saturated heterocycles. The number of benzene rings is 1. The Morgan fingerprint density at radius 2 is 1.62 bits per heavy atom. The van der Waals surface area contributed by atoms with Crippen molar-refractivity contribution in [2.45, 2.75) is 0 Å². The van der Waals surface area contributed by atoms with Gasteiger partial charge in [-0.25, -0.2) is 0 Å². The summed E-state index contributed by atoms with van der Waals surface area (Å²) in [5, 5.41) is 9.75. The molecule has 2 rings (SSSR count). The van der Waals surface area contributed by atoms with Gasteiger partial charge in [-0.15, -0.1) is 0 Å². The van der Waals surface area contributed by atoms with Crippen LogP contribution in [-0.4, -0.2) is 10.2 Å². The van der Waals surface area contributed by atoms with Crippen LogP contribution in [0.4, 0.5) is 0 Å². The van der Waals surface area contributed by atoms with E-state index in [0.29, 0.717) is 20.6 Å². The van der Waals surface area contributed by atoms with E-state index in [0.717, 1.165) is 5.39 Å². The van der Waals surface area contributed by atoms with E-state index in [1.807, 2.05) is 0 Å². The zero-order valence-corrected chi connectivity index (χ0v) is 8.53. The van der Waals surface area contributed by atoms with Gasteiger partial charge >= 0.3 is 0 Å². The number of rotatable bonds is 0. The van der Waals surface area contributed by atoms with Gasteiger partial charge in [0.2, 0.25) is 0 Å². The molecule has 0 fully saturated rings. The molecule has 0 N–H and O–H groups in total. The Balaban J connectivity index is 2.89. The molecule has 1 aromatic carbocycles. The number of nitrogens with zero attached hydrogens (tertiary/aromatic N) is 2. The van der Waals surface area contributed by atoms with Crippen molar-refractivity contribution in [2.24, 2.45) is 0 Å². The lowest BCUT2D eigenvalue weighted by atomic mass is 10.2. The van der Waals surface area contributed by atoms with E-state index < -0.39 is 0 Å². The molecule has 0 bridgehead atoms. The summed E-state index contributed by atoms with van der Waals surface area (Å²) in [5.41, 5.74) is 0.641. The summed E-state index contributed by atoms with van der Waals surface area (Å²) in [5.74, 6) is 0. The van der Waals surface area contributed by atoms with Crippen LogP contribution in [0, 0.1) is 0 Å². The smallest absolute Gasteiger partial charge is 0.0960 e. The molecule has 0 amide bonds. The van der Waals surface area contributed by atoms with Crippen molar-refractivity contribution < 1.29 is 0 Å². The Hall–Kier alpha value is -0.570. The van der Waals surface area contributed by atoms with E-state index in [2.05, 4.69) is 10.2 Å². The monoisotopic (exact) mass is 232 g/mol. The highest BCUT2D eigenvalue weighted by atomic mass is 35.5. The summed E-state index contributed by atoms with van der Waals surface area (Å²) < 4.78 is 0. The van der Waals surface area contributed by atoms with Gasteiger partial charge in [0, 0.05) is 5.39 Å². The number of fused-ring (bicyclic) bond motifs is 1. The summed E-state index contributed by atoms with van der Waals surface area (Å²) in [7, 11) is 0. The van der Waals surface area contributed by atoms with Crippen LogP contribution in [-0.2, 0) is 0 Å². The molecule has 1 aromatic heterocycles. The Morgan fingerprint density at radius 3 is 2.38 bits per heavy atom. The van der Waals surface area contributed by atoms with Gasteiger partial charge in [0.05, 0.1) is 26.8 Å². The van der Waals surface area contributed by atoms with Crippen molar-refractivity contribution in [3.63, 3.8) is 0 Å². The van der Waals surface area contributed by atoms with Gasteiger partial charge in [0.25, 0.3) is 0 Å². The molecule has 5 heteroatoms. The van der Waals surface area contributed by atoms with E-state index in [1.165, 1.54) is 6.20 Å². The fourth-order valence-electron chi connectivity index (χ4n) is 1.02. The highest BCUT2D eigenvalue weighted by Gasteiger charge is 2.04. The molecular weight excluding hydrogens is 230 g/mol. The van der Waals surface area contributed by atoms with Crippen LogP contribution in [0.3, 0.4) is 0 Å². The Bertz CT molecular complexity index is 470. The van der Waals surface area contributed by atoms with Crippen molar-refractivity contribution >= 4 is 45.7 Å². The second-order valence-corrected chi connectivity index (χ2v) is 3.70. The lowest BCUT2D eigenvalue weighted by molar-refractivity contribution is 1.08. The fraction of sp³-hybridized carbons (Fsp3) is 0. The van der Waals surface area contributed by atoms with Gasteiger partial charge < -0.3 is 0 Å². The largest absolute Gasteiger partial charge is 0.157 e. The third kappa shape index (κ3) is 1.57. The molecule has 2 nitrogen and oxygen atoms in total. The van der Waals surface area contributed by atoms with Crippen LogP contribution >= 0.6 is 34.8 Å². The van der Waals surface area contributed by atoms with Crippen LogP contribution in [0.25, 0.3) is 10.9 Å². The SMILES string of the molecule is Clc1cc2nncc(Cl)c2cc1Cl. The Morgan fingerprint density at radius 1 is 0.923 bits per heavy atom. The maximum atomic E-state index is 5.88. The average molecular weight is 233 g/mol. The number of hydrogen-bond donors (Lipinski definition) is 0. The lowest BCUT2D eigenvalue weighted by Gasteiger charge is -2.00. The quantitative estimate of drug-likeness (QED) is 0.695. The van der Waals surface area contributed by atoms with Gasteiger partial charge in [-0.05, 0) is 12.1 Å². The van der Waals surface area contributed by atoms with E-state index >= 15 is 0 Å². The van der Waals surface area contributed by atoms with Gasteiger partial charge in [-0.3, -0.25) is 0 Å². The van der Waals surface area contributed by atoms with E-state index in [4.69, 9.17) is 34.8 Å². The number of halogens is 3. The van der Waals surface area contributed by atoms with Crippen LogP contribution in [0.15, 0.2) is 18.3 Å². The third-order valence-electron chi connectivity index (χ3n) is 1.63. The third-order valence-corrected chi connectivity index (χ3v) is 2.66. The first-order valence-corrected chi connectivity index (χ1v) is 4.58. The maximum Gasteiger partial charge on any atom is 0.0960 e. The first-order valence-electron chi connectivity index (χ1n) is 3.44. The molecule has 0 atom stereocenters. The topological polar surface area (TPSA) is 25.8 Å². The van der Waals surface area contributed by atoms with Gasteiger partial charge in [0.15, 0.2) is 0 Å². The predicted molar refractivity (Wildman–Crippen MR) is 54.6 cm³/mol. The zero-order chi connectivity index (χ0) is 9.42. The van der Waals surface area contributed by atoms with Gasteiger partial charge in [0.1, 0.15) is 0 Å². The highest BCUT2D eigenvalue weighted by Crippen LogP contribution is 2.29. The molecular formula is C8H3Cl3N2. The summed E-state index contributed by atoms with van der Waals surface area (Å²) in [4.78, 5) is 0. The minimum absolute atomic E-state index is 0.450. The van der Waals surface area contributed by atoms with Crippen molar-refractivity contribution in [3.05, 3.63) is 33.4 Å². The molecule has 0 aliphatic carbocycles. The van der Waals surface area contributed by atoms with Crippen LogP contribution in [0.1, 0.15) is 0 Å². The average Bonchev–Trinajstić information content (AvgIpc) is 2.09. The highest BCUT2D eigenvalue weighted by molar-refractivity contribution is 6.43. The molecule has 0 radical (unpaired) electrons. The summed E-state index contributed by atoms with van der Waals surface area (Å²) in [6.07, 6.45) is 1.47. The summed E-state index contributed by atoms with van der Waals surface area (Å²) >= 11 is 17.5. The summed E-state index contributed by atoms with van der Waals surface area (Å²) in [6, 6.07) is 3.31. The van der Waals surface area contributed by atoms with Crippen molar-refractivity contribution in [2.75, 3.05) is 0 Å². The van der Waals surface area contributed by atoms with E-state index in [9.17, 15) is 0 Å². The van der Waals surface area contributed by atoms with Crippen LogP contribution in [0.2, 0.25) is 15.1 Å². The van der Waals surface area contributed by atoms with Crippen molar-refractivity contribution in [3.8, 4) is 0 Å². The maximum absolute atomic E-state index is 5.88. The Kier molecular flexibility index (Phi) is 2.28. The standard InChI is InChI=1S/C8H3Cl3N2/c9-5-1-4-7(11)3-12-13-8(4)2-6(5)10/h1-3H. The molecule has 0 aliphatic rings. The second-order valence-electron chi connectivity index (χ2n) is 2.48. The van der Waals surface area contributed by atoms with Gasteiger partial charge in [-0.2, -0.15) is 10.2 Å². The van der Waals surface area contributed by atoms with E-state index in [1.54, 1.807) is 12.1 Å². The summed E-state index contributed by atoms with van der Waals surface area (Å²) in [6.45, 7) is 0. The van der Waals surface area contributed by atoms with Crippen molar-refractivity contribution in [1.82, 2.24) is 10.2 Å². The zero-order valence-electron chi connectivity index (χ0n) is 6.26. The number of aromatic nitrogens is 2. The minimum atomic E-state index is 0.450. The number of hydrogen-bond acceptors (Lipinski definition) is 2. The molecule has 0 unspecified atom stereocenters. The van der Waals surface area contributed by atoms with Crippen LogP contribution in [0.5, 0.6) is 0 Å². The first-order chi connectivity index (χ1) is 6.18. The first kappa shape index (κ1) is 9.00. The molecule has 0 saturated carbocycles. The fourth-order valence-corrected chi connectivity index (χ4v) is 1.54. The normalized spacial score (nSPS) is 10.7. The molecule has 13 heavy (non-hydrogen) atoms. The lowest BCUT2D eigenvalue weighted by Crippen LogP contribution is -1.84. The molecule has 0 aliphatic heterocycles. The van der Waals surface area contributed by atoms with Gasteiger partial charge in [-0.1, -0.05) is 34.8 Å². The molecule has 0 spiro atoms. The molecule has 2 aromatic rings. The van der Waals surface area contributed by atoms with E-state index in [-0.39, 0.29) is 0 Å². The van der Waals surface area contributed by atoms with Crippen molar-refractivity contribution in [1.29, 1.82) is 0 Å².